The summed E-state index contributed by atoms with van der Waals surface area (Å²) in [4.78, 5) is 20.7. The number of amides is 1. The molecule has 2 N–H and O–H groups in total. The quantitative estimate of drug-likeness (QED) is 0.581. The Bertz CT molecular complexity index is 134. The molecular formula is C8H15NO2. The van der Waals surface area contributed by atoms with Crippen LogP contribution in [-0.2, 0) is 9.59 Å². The van der Waals surface area contributed by atoms with Gasteiger partial charge in [0.25, 0.3) is 0 Å². The lowest BCUT2D eigenvalue weighted by Crippen LogP contribution is -2.13. The van der Waals surface area contributed by atoms with Crippen molar-refractivity contribution in [2.24, 2.45) is 11.7 Å². The van der Waals surface area contributed by atoms with Gasteiger partial charge in [-0.25, -0.2) is 0 Å². The standard InChI is InChI=1S/C8H15NO2/c1-2-3-7(6-10)4-5-8(9)11/h6-7H,2-5H2,1H3,(H2,9,11). The number of hydrogen-bond acceptors (Lipinski definition) is 2. The van der Waals surface area contributed by atoms with E-state index in [2.05, 4.69) is 0 Å². The molecule has 0 saturated carbocycles. The van der Waals surface area contributed by atoms with Crippen LogP contribution in [0.2, 0.25) is 0 Å². The predicted molar refractivity (Wildman–Crippen MR) is 42.9 cm³/mol. The van der Waals surface area contributed by atoms with E-state index in [-0.39, 0.29) is 11.8 Å². The van der Waals surface area contributed by atoms with Gasteiger partial charge in [0.2, 0.25) is 5.91 Å². The van der Waals surface area contributed by atoms with Crippen LogP contribution in [0.4, 0.5) is 0 Å². The molecule has 0 aliphatic heterocycles. The summed E-state index contributed by atoms with van der Waals surface area (Å²) in [5, 5.41) is 0. The molecule has 0 rings (SSSR count). The molecule has 0 aromatic rings. The molecule has 0 aliphatic carbocycles. The van der Waals surface area contributed by atoms with Crippen LogP contribution in [0.1, 0.15) is 32.6 Å². The third-order valence-electron chi connectivity index (χ3n) is 1.61. The second-order valence-electron chi connectivity index (χ2n) is 2.69. The molecule has 0 aliphatic rings. The number of primary amides is 1. The molecule has 0 spiro atoms. The Morgan fingerprint density at radius 3 is 2.55 bits per heavy atom. The second-order valence-corrected chi connectivity index (χ2v) is 2.69. The summed E-state index contributed by atoms with van der Waals surface area (Å²) in [6, 6.07) is 0. The van der Waals surface area contributed by atoms with E-state index in [0.717, 1.165) is 19.1 Å². The van der Waals surface area contributed by atoms with E-state index in [1.807, 2.05) is 6.92 Å². The first-order valence-electron chi connectivity index (χ1n) is 3.94. The molecule has 0 bridgehead atoms. The number of rotatable bonds is 6. The Kier molecular flexibility index (Phi) is 5.43. The summed E-state index contributed by atoms with van der Waals surface area (Å²) < 4.78 is 0. The van der Waals surface area contributed by atoms with Gasteiger partial charge in [-0.2, -0.15) is 0 Å². The Labute approximate surface area is 67.0 Å². The maximum Gasteiger partial charge on any atom is 0.217 e. The van der Waals surface area contributed by atoms with Gasteiger partial charge in [-0.3, -0.25) is 4.79 Å². The van der Waals surface area contributed by atoms with Crippen LogP contribution in [-0.4, -0.2) is 12.2 Å². The Balaban J connectivity index is 3.51. The lowest BCUT2D eigenvalue weighted by Gasteiger charge is -2.05. The highest BCUT2D eigenvalue weighted by molar-refractivity contribution is 5.74. The van der Waals surface area contributed by atoms with Gasteiger partial charge in [0.05, 0.1) is 0 Å². The number of hydrogen-bond donors (Lipinski definition) is 1. The first kappa shape index (κ1) is 10.1. The van der Waals surface area contributed by atoms with Gasteiger partial charge in [0.15, 0.2) is 0 Å². The summed E-state index contributed by atoms with van der Waals surface area (Å²) >= 11 is 0. The first-order valence-corrected chi connectivity index (χ1v) is 3.94. The van der Waals surface area contributed by atoms with Crippen molar-refractivity contribution in [3.63, 3.8) is 0 Å². The molecule has 1 amide bonds. The van der Waals surface area contributed by atoms with Crippen LogP contribution in [0.15, 0.2) is 0 Å². The molecule has 1 unspecified atom stereocenters. The molecule has 11 heavy (non-hydrogen) atoms. The van der Waals surface area contributed by atoms with Gasteiger partial charge >= 0.3 is 0 Å². The molecule has 0 heterocycles. The third-order valence-corrected chi connectivity index (χ3v) is 1.61. The topological polar surface area (TPSA) is 60.2 Å². The smallest absolute Gasteiger partial charge is 0.217 e. The van der Waals surface area contributed by atoms with Gasteiger partial charge in [-0.05, 0) is 12.8 Å². The summed E-state index contributed by atoms with van der Waals surface area (Å²) in [5.41, 5.74) is 4.94. The Morgan fingerprint density at radius 2 is 2.18 bits per heavy atom. The number of carbonyl (C=O) groups excluding carboxylic acids is 2. The van der Waals surface area contributed by atoms with Crippen LogP contribution in [0, 0.1) is 5.92 Å². The van der Waals surface area contributed by atoms with Crippen LogP contribution in [0.3, 0.4) is 0 Å². The van der Waals surface area contributed by atoms with Gasteiger partial charge in [-0.15, -0.1) is 0 Å². The average molecular weight is 157 g/mol. The highest BCUT2D eigenvalue weighted by Crippen LogP contribution is 2.09. The van der Waals surface area contributed by atoms with Crippen molar-refractivity contribution in [1.29, 1.82) is 0 Å². The van der Waals surface area contributed by atoms with E-state index in [0.29, 0.717) is 12.8 Å². The zero-order chi connectivity index (χ0) is 8.69. The van der Waals surface area contributed by atoms with Crippen LogP contribution < -0.4 is 5.73 Å². The normalized spacial score (nSPS) is 12.5. The maximum absolute atomic E-state index is 10.4. The van der Waals surface area contributed by atoms with Crippen LogP contribution in [0.5, 0.6) is 0 Å². The summed E-state index contributed by atoms with van der Waals surface area (Å²) in [6.45, 7) is 2.01. The SMILES string of the molecule is CCCC(C=O)CCC(N)=O. The largest absolute Gasteiger partial charge is 0.370 e. The average Bonchev–Trinajstić information content (AvgIpc) is 1.97. The molecule has 64 valence electrons. The van der Waals surface area contributed by atoms with E-state index < -0.39 is 0 Å². The molecule has 0 radical (unpaired) electrons. The zero-order valence-corrected chi connectivity index (χ0v) is 6.88. The van der Waals surface area contributed by atoms with Crippen molar-refractivity contribution < 1.29 is 9.59 Å². The molecular weight excluding hydrogens is 142 g/mol. The van der Waals surface area contributed by atoms with Crippen molar-refractivity contribution >= 4 is 12.2 Å². The van der Waals surface area contributed by atoms with Crippen LogP contribution in [0.25, 0.3) is 0 Å². The molecule has 0 fully saturated rings. The summed E-state index contributed by atoms with van der Waals surface area (Å²) in [5.74, 6) is -0.305. The van der Waals surface area contributed by atoms with Crippen molar-refractivity contribution in [2.75, 3.05) is 0 Å². The third kappa shape index (κ3) is 5.58. The van der Waals surface area contributed by atoms with Crippen molar-refractivity contribution in [3.8, 4) is 0 Å². The molecule has 0 aromatic heterocycles. The minimum Gasteiger partial charge on any atom is -0.370 e. The number of aldehydes is 1. The Hall–Kier alpha value is -0.860. The molecule has 3 nitrogen and oxygen atoms in total. The van der Waals surface area contributed by atoms with Gasteiger partial charge in [0, 0.05) is 12.3 Å². The second kappa shape index (κ2) is 5.89. The lowest BCUT2D eigenvalue weighted by atomic mass is 10.00. The van der Waals surface area contributed by atoms with E-state index in [1.54, 1.807) is 0 Å². The van der Waals surface area contributed by atoms with Crippen LogP contribution >= 0.6 is 0 Å². The van der Waals surface area contributed by atoms with Crippen molar-refractivity contribution in [1.82, 2.24) is 0 Å². The monoisotopic (exact) mass is 157 g/mol. The summed E-state index contributed by atoms with van der Waals surface area (Å²) in [7, 11) is 0. The maximum atomic E-state index is 10.4. The number of carbonyl (C=O) groups is 2. The summed E-state index contributed by atoms with van der Waals surface area (Å²) in [6.07, 6.45) is 3.67. The minimum atomic E-state index is -0.326. The highest BCUT2D eigenvalue weighted by Gasteiger charge is 2.06. The van der Waals surface area contributed by atoms with E-state index in [4.69, 9.17) is 5.73 Å². The van der Waals surface area contributed by atoms with Gasteiger partial charge < -0.3 is 10.5 Å². The van der Waals surface area contributed by atoms with Crippen molar-refractivity contribution in [2.45, 2.75) is 32.6 Å². The minimum absolute atomic E-state index is 0.0208. The fourth-order valence-corrected chi connectivity index (χ4v) is 0.979. The van der Waals surface area contributed by atoms with Gasteiger partial charge in [-0.1, -0.05) is 13.3 Å². The van der Waals surface area contributed by atoms with E-state index in [9.17, 15) is 9.59 Å². The predicted octanol–water partition coefficient (Wildman–Crippen LogP) is 0.867. The Morgan fingerprint density at radius 1 is 1.55 bits per heavy atom. The molecule has 0 saturated heterocycles. The molecule has 3 heteroatoms. The number of nitrogens with two attached hydrogens (primary N) is 1. The van der Waals surface area contributed by atoms with E-state index >= 15 is 0 Å². The van der Waals surface area contributed by atoms with E-state index in [1.165, 1.54) is 0 Å². The highest BCUT2D eigenvalue weighted by atomic mass is 16.1. The molecule has 0 aromatic carbocycles. The fraction of sp³-hybridized carbons (Fsp3) is 0.750. The zero-order valence-electron chi connectivity index (χ0n) is 6.88. The first-order chi connectivity index (χ1) is 5.20. The lowest BCUT2D eigenvalue weighted by molar-refractivity contribution is -0.118. The van der Waals surface area contributed by atoms with Crippen molar-refractivity contribution in [3.05, 3.63) is 0 Å². The fourth-order valence-electron chi connectivity index (χ4n) is 0.979. The van der Waals surface area contributed by atoms with Gasteiger partial charge in [0.1, 0.15) is 6.29 Å². The molecule has 1 atom stereocenters.